The largest absolute Gasteiger partial charge is 0.375 e. The van der Waals surface area contributed by atoms with Crippen LogP contribution in [0.5, 0.6) is 0 Å². The van der Waals surface area contributed by atoms with Crippen LogP contribution in [-0.2, 0) is 14.3 Å². The Kier molecular flexibility index (Phi) is 6.42. The molecule has 1 rings (SSSR count). The lowest BCUT2D eigenvalue weighted by atomic mass is 10.1. The van der Waals surface area contributed by atoms with Crippen LogP contribution in [0.25, 0.3) is 5.70 Å². The highest BCUT2D eigenvalue weighted by atomic mass is 35.5. The Labute approximate surface area is 124 Å². The van der Waals surface area contributed by atoms with Gasteiger partial charge in [0.25, 0.3) is 5.91 Å². The van der Waals surface area contributed by atoms with Crippen LogP contribution >= 0.6 is 11.6 Å². The molecule has 5 heteroatoms. The molecule has 0 N–H and O–H groups in total. The van der Waals surface area contributed by atoms with Crippen LogP contribution in [-0.4, -0.2) is 36.3 Å². The lowest BCUT2D eigenvalue weighted by Gasteiger charge is -2.24. The summed E-state index contributed by atoms with van der Waals surface area (Å²) >= 11 is 5.62. The van der Waals surface area contributed by atoms with Crippen LogP contribution in [0.1, 0.15) is 19.4 Å². The monoisotopic (exact) mass is 295 g/mol. The Balaban J connectivity index is 3.31. The zero-order valence-electron chi connectivity index (χ0n) is 11.9. The first-order chi connectivity index (χ1) is 9.52. The van der Waals surface area contributed by atoms with Crippen LogP contribution in [0, 0.1) is 0 Å². The third-order valence-electron chi connectivity index (χ3n) is 2.63. The minimum atomic E-state index is -0.464. The SMILES string of the molecule is COCC(=O)N(C(=O)CCl)C(=C(C)C)c1ccccc1. The summed E-state index contributed by atoms with van der Waals surface area (Å²) in [4.78, 5) is 25.3. The summed E-state index contributed by atoms with van der Waals surface area (Å²) in [6.07, 6.45) is 0. The number of carbonyl (C=O) groups is 2. The molecule has 0 unspecified atom stereocenters. The molecule has 2 amide bonds. The highest BCUT2D eigenvalue weighted by Gasteiger charge is 2.26. The molecule has 0 aliphatic rings. The molecule has 0 fully saturated rings. The molecule has 0 aliphatic carbocycles. The molecule has 0 spiro atoms. The van der Waals surface area contributed by atoms with Crippen LogP contribution in [0.4, 0.5) is 0 Å². The van der Waals surface area contributed by atoms with Gasteiger partial charge in [-0.05, 0) is 19.4 Å². The van der Waals surface area contributed by atoms with Crippen molar-refractivity contribution in [1.82, 2.24) is 4.90 Å². The van der Waals surface area contributed by atoms with Gasteiger partial charge < -0.3 is 4.74 Å². The van der Waals surface area contributed by atoms with E-state index in [1.807, 2.05) is 44.2 Å². The average Bonchev–Trinajstić information content (AvgIpc) is 2.44. The normalized spacial score (nSPS) is 10.0. The standard InChI is InChI=1S/C15H18ClNO3/c1-11(2)15(12-7-5-4-6-8-12)17(13(18)9-16)14(19)10-20-3/h4-8H,9-10H2,1-3H3. The smallest absolute Gasteiger partial charge is 0.259 e. The summed E-state index contributed by atoms with van der Waals surface area (Å²) in [5.41, 5.74) is 2.19. The van der Waals surface area contributed by atoms with E-state index < -0.39 is 11.8 Å². The number of benzene rings is 1. The second-order valence-corrected chi connectivity index (χ2v) is 4.67. The van der Waals surface area contributed by atoms with Crippen molar-refractivity contribution in [3.05, 3.63) is 41.5 Å². The quantitative estimate of drug-likeness (QED) is 0.785. The number of nitrogens with zero attached hydrogens (tertiary/aromatic N) is 1. The Bertz CT molecular complexity index is 507. The zero-order valence-corrected chi connectivity index (χ0v) is 12.6. The zero-order chi connectivity index (χ0) is 15.1. The van der Waals surface area contributed by atoms with Crippen molar-refractivity contribution in [1.29, 1.82) is 0 Å². The van der Waals surface area contributed by atoms with Gasteiger partial charge in [0.05, 0.1) is 5.70 Å². The number of hydrogen-bond donors (Lipinski definition) is 0. The lowest BCUT2D eigenvalue weighted by Crippen LogP contribution is -2.39. The van der Waals surface area contributed by atoms with Gasteiger partial charge in [0.2, 0.25) is 5.91 Å². The van der Waals surface area contributed by atoms with Gasteiger partial charge in [0, 0.05) is 7.11 Å². The Hall–Kier alpha value is -1.65. The molecule has 0 aromatic heterocycles. The van der Waals surface area contributed by atoms with E-state index in [0.29, 0.717) is 5.70 Å². The van der Waals surface area contributed by atoms with E-state index in [4.69, 9.17) is 16.3 Å². The number of amides is 2. The summed E-state index contributed by atoms with van der Waals surface area (Å²) in [7, 11) is 1.41. The number of hydrogen-bond acceptors (Lipinski definition) is 3. The molecule has 4 nitrogen and oxygen atoms in total. The molecule has 20 heavy (non-hydrogen) atoms. The number of methoxy groups -OCH3 is 1. The van der Waals surface area contributed by atoms with Gasteiger partial charge in [-0.1, -0.05) is 35.9 Å². The first kappa shape index (κ1) is 16.4. The molecule has 0 saturated carbocycles. The minimum absolute atomic E-state index is 0.174. The van der Waals surface area contributed by atoms with Crippen molar-refractivity contribution in [3.8, 4) is 0 Å². The molecular formula is C15H18ClNO3. The lowest BCUT2D eigenvalue weighted by molar-refractivity contribution is -0.141. The minimum Gasteiger partial charge on any atom is -0.375 e. The van der Waals surface area contributed by atoms with Crippen molar-refractivity contribution in [2.45, 2.75) is 13.8 Å². The number of alkyl halides is 1. The maximum atomic E-state index is 12.2. The highest BCUT2D eigenvalue weighted by molar-refractivity contribution is 6.29. The van der Waals surface area contributed by atoms with E-state index in [9.17, 15) is 9.59 Å². The van der Waals surface area contributed by atoms with Crippen molar-refractivity contribution < 1.29 is 14.3 Å². The first-order valence-electron chi connectivity index (χ1n) is 6.16. The van der Waals surface area contributed by atoms with E-state index >= 15 is 0 Å². The Morgan fingerprint density at radius 2 is 1.75 bits per heavy atom. The number of carbonyl (C=O) groups excluding carboxylic acids is 2. The molecule has 0 heterocycles. The summed E-state index contributed by atoms with van der Waals surface area (Å²) in [5.74, 6) is -1.16. The highest BCUT2D eigenvalue weighted by Crippen LogP contribution is 2.24. The third-order valence-corrected chi connectivity index (χ3v) is 2.85. The van der Waals surface area contributed by atoms with Crippen LogP contribution in [0.3, 0.4) is 0 Å². The molecule has 0 bridgehead atoms. The van der Waals surface area contributed by atoms with Crippen LogP contribution in [0.2, 0.25) is 0 Å². The fourth-order valence-electron chi connectivity index (χ4n) is 1.87. The number of imide groups is 1. The van der Waals surface area contributed by atoms with Crippen molar-refractivity contribution >= 4 is 29.1 Å². The van der Waals surface area contributed by atoms with E-state index in [2.05, 4.69) is 0 Å². The van der Waals surface area contributed by atoms with Gasteiger partial charge >= 0.3 is 0 Å². The molecule has 1 aromatic carbocycles. The van der Waals surface area contributed by atoms with Crippen LogP contribution in [0.15, 0.2) is 35.9 Å². The van der Waals surface area contributed by atoms with E-state index in [-0.39, 0.29) is 12.5 Å². The molecule has 0 saturated heterocycles. The van der Waals surface area contributed by atoms with Crippen molar-refractivity contribution in [3.63, 3.8) is 0 Å². The summed E-state index contributed by atoms with van der Waals surface area (Å²) in [5, 5.41) is 0. The fraction of sp³-hybridized carbons (Fsp3) is 0.333. The summed E-state index contributed by atoms with van der Waals surface area (Å²) in [6, 6.07) is 9.26. The molecule has 108 valence electrons. The van der Waals surface area contributed by atoms with Gasteiger partial charge in [0.15, 0.2) is 0 Å². The average molecular weight is 296 g/mol. The van der Waals surface area contributed by atoms with Gasteiger partial charge in [0.1, 0.15) is 12.5 Å². The van der Waals surface area contributed by atoms with E-state index in [1.165, 1.54) is 7.11 Å². The predicted octanol–water partition coefficient (Wildman–Crippen LogP) is 2.68. The van der Waals surface area contributed by atoms with Crippen molar-refractivity contribution in [2.24, 2.45) is 0 Å². The summed E-state index contributed by atoms with van der Waals surface area (Å²) in [6.45, 7) is 3.51. The molecular weight excluding hydrogens is 278 g/mol. The molecule has 1 aromatic rings. The van der Waals surface area contributed by atoms with Gasteiger partial charge in [-0.2, -0.15) is 0 Å². The van der Waals surface area contributed by atoms with Gasteiger partial charge in [-0.15, -0.1) is 11.6 Å². The number of halogens is 1. The fourth-order valence-corrected chi connectivity index (χ4v) is 1.99. The Morgan fingerprint density at radius 3 is 2.20 bits per heavy atom. The van der Waals surface area contributed by atoms with Gasteiger partial charge in [-0.25, -0.2) is 4.90 Å². The number of rotatable bonds is 5. The topological polar surface area (TPSA) is 46.6 Å². The van der Waals surface area contributed by atoms with Crippen LogP contribution < -0.4 is 0 Å². The third kappa shape index (κ3) is 3.92. The van der Waals surface area contributed by atoms with Gasteiger partial charge in [-0.3, -0.25) is 9.59 Å². The van der Waals surface area contributed by atoms with Crippen molar-refractivity contribution in [2.75, 3.05) is 19.6 Å². The molecule has 0 radical (unpaired) electrons. The molecule has 0 aliphatic heterocycles. The second kappa shape index (κ2) is 7.82. The predicted molar refractivity (Wildman–Crippen MR) is 79.2 cm³/mol. The maximum absolute atomic E-state index is 12.2. The first-order valence-corrected chi connectivity index (χ1v) is 6.70. The number of ether oxygens (including phenoxy) is 1. The van der Waals surface area contributed by atoms with E-state index in [1.54, 1.807) is 0 Å². The molecule has 0 atom stereocenters. The summed E-state index contributed by atoms with van der Waals surface area (Å²) < 4.78 is 4.84. The second-order valence-electron chi connectivity index (χ2n) is 4.40. The number of allylic oxidation sites excluding steroid dienone is 1. The van der Waals surface area contributed by atoms with E-state index in [0.717, 1.165) is 16.0 Å². The Morgan fingerprint density at radius 1 is 1.15 bits per heavy atom. The maximum Gasteiger partial charge on any atom is 0.259 e.